The predicted molar refractivity (Wildman–Crippen MR) is 123 cm³/mol. The van der Waals surface area contributed by atoms with Crippen LogP contribution in [0.5, 0.6) is 0 Å². The summed E-state index contributed by atoms with van der Waals surface area (Å²) in [5, 5.41) is 15.4. The van der Waals surface area contributed by atoms with Crippen LogP contribution in [0.1, 0.15) is 19.5 Å². The van der Waals surface area contributed by atoms with Gasteiger partial charge in [0.25, 0.3) is 5.56 Å². The number of nitrogens with one attached hydrogen (secondary N) is 3. The maximum atomic E-state index is 13.4. The fourth-order valence-corrected chi connectivity index (χ4v) is 3.65. The van der Waals surface area contributed by atoms with Crippen molar-refractivity contribution in [3.63, 3.8) is 0 Å². The third kappa shape index (κ3) is 5.06. The molecule has 0 bridgehead atoms. The molecule has 0 aliphatic rings. The van der Waals surface area contributed by atoms with Gasteiger partial charge in [0.05, 0.1) is 13.7 Å². The van der Waals surface area contributed by atoms with Gasteiger partial charge in [0.1, 0.15) is 0 Å². The predicted octanol–water partition coefficient (Wildman–Crippen LogP) is 3.78. The van der Waals surface area contributed by atoms with Crippen LogP contribution >= 0.6 is 0 Å². The molecule has 0 atom stereocenters. The Morgan fingerprint density at radius 1 is 1.09 bits per heavy atom. The Morgan fingerprint density at radius 3 is 2.44 bits per heavy atom. The van der Waals surface area contributed by atoms with Gasteiger partial charge >= 0.3 is 12.1 Å². The second-order valence-corrected chi connectivity index (χ2v) is 7.68. The number of hydroxylamine groups is 1. The van der Waals surface area contributed by atoms with Gasteiger partial charge in [0.15, 0.2) is 0 Å². The lowest BCUT2D eigenvalue weighted by molar-refractivity contribution is 0.114. The zero-order chi connectivity index (χ0) is 23.3. The Balaban J connectivity index is 2.33. The number of carbonyl (C=O) groups excluding carboxylic acids is 1. The molecule has 0 radical (unpaired) electrons. The molecule has 0 fully saturated rings. The molecule has 4 N–H and O–H groups in total. The first-order chi connectivity index (χ1) is 15.3. The smallest absolute Gasteiger partial charge is 0.404 e. The van der Waals surface area contributed by atoms with Gasteiger partial charge in [-0.2, -0.15) is 0 Å². The SMILES string of the molecule is CONC(=O)Nc1ccc2c(=O)n(CC(C)C)c(CNC(=O)O)c(-c3ccccc3)c2c1. The first-order valence-corrected chi connectivity index (χ1v) is 10.1. The molecule has 0 saturated heterocycles. The van der Waals surface area contributed by atoms with Gasteiger partial charge < -0.3 is 20.3 Å². The summed E-state index contributed by atoms with van der Waals surface area (Å²) in [7, 11) is 1.33. The van der Waals surface area contributed by atoms with E-state index in [0.29, 0.717) is 28.7 Å². The highest BCUT2D eigenvalue weighted by Gasteiger charge is 2.20. The molecule has 2 aromatic carbocycles. The number of urea groups is 1. The summed E-state index contributed by atoms with van der Waals surface area (Å²) in [6.45, 7) is 4.38. The Morgan fingerprint density at radius 2 is 1.81 bits per heavy atom. The molecule has 0 saturated carbocycles. The molecule has 3 aromatic rings. The number of nitrogens with zero attached hydrogens (tertiary/aromatic N) is 1. The van der Waals surface area contributed by atoms with Crippen molar-refractivity contribution < 1.29 is 19.5 Å². The van der Waals surface area contributed by atoms with Crippen LogP contribution in [0, 0.1) is 5.92 Å². The van der Waals surface area contributed by atoms with Crippen LogP contribution in [0.3, 0.4) is 0 Å². The van der Waals surface area contributed by atoms with Crippen LogP contribution in [0.15, 0.2) is 53.3 Å². The van der Waals surface area contributed by atoms with E-state index in [1.165, 1.54) is 7.11 Å². The van der Waals surface area contributed by atoms with Gasteiger partial charge in [-0.1, -0.05) is 44.2 Å². The van der Waals surface area contributed by atoms with E-state index >= 15 is 0 Å². The lowest BCUT2D eigenvalue weighted by Crippen LogP contribution is -2.31. The maximum absolute atomic E-state index is 13.4. The summed E-state index contributed by atoms with van der Waals surface area (Å²) < 4.78 is 1.63. The minimum atomic E-state index is -1.18. The molecule has 3 amide bonds. The Hall–Kier alpha value is -3.85. The van der Waals surface area contributed by atoms with Crippen molar-refractivity contribution in [1.29, 1.82) is 0 Å². The van der Waals surface area contributed by atoms with E-state index in [1.54, 1.807) is 22.8 Å². The minimum absolute atomic E-state index is 0.0424. The number of fused-ring (bicyclic) bond motifs is 1. The maximum Gasteiger partial charge on any atom is 0.404 e. The second kappa shape index (κ2) is 9.97. The molecule has 168 valence electrons. The number of hydrogen-bond donors (Lipinski definition) is 4. The van der Waals surface area contributed by atoms with E-state index < -0.39 is 12.1 Å². The largest absolute Gasteiger partial charge is 0.465 e. The summed E-state index contributed by atoms with van der Waals surface area (Å²) in [4.78, 5) is 41.2. The van der Waals surface area contributed by atoms with Crippen LogP contribution in [-0.4, -0.2) is 28.9 Å². The third-order valence-corrected chi connectivity index (χ3v) is 4.85. The summed E-state index contributed by atoms with van der Waals surface area (Å²) in [5.74, 6) is 0.163. The number of carboxylic acid groups (broad SMARTS) is 1. The average molecular weight is 438 g/mol. The normalized spacial score (nSPS) is 10.9. The van der Waals surface area contributed by atoms with Crippen molar-refractivity contribution in [3.8, 4) is 11.1 Å². The molecular weight excluding hydrogens is 412 g/mol. The van der Waals surface area contributed by atoms with Crippen LogP contribution in [0.2, 0.25) is 0 Å². The quantitative estimate of drug-likeness (QED) is 0.418. The van der Waals surface area contributed by atoms with Crippen molar-refractivity contribution in [3.05, 3.63) is 64.6 Å². The van der Waals surface area contributed by atoms with Crippen molar-refractivity contribution in [2.24, 2.45) is 5.92 Å². The second-order valence-electron chi connectivity index (χ2n) is 7.68. The highest BCUT2D eigenvalue weighted by Crippen LogP contribution is 2.32. The van der Waals surface area contributed by atoms with Gasteiger partial charge in [-0.05, 0) is 35.1 Å². The number of hydrogen-bond acceptors (Lipinski definition) is 4. The summed E-state index contributed by atoms with van der Waals surface area (Å²) in [6, 6.07) is 13.9. The number of amides is 3. The minimum Gasteiger partial charge on any atom is -0.465 e. The molecule has 1 aromatic heterocycles. The van der Waals surface area contributed by atoms with Crippen LogP contribution < -0.4 is 21.7 Å². The summed E-state index contributed by atoms with van der Waals surface area (Å²) in [6.07, 6.45) is -1.18. The van der Waals surface area contributed by atoms with Crippen LogP contribution in [0.4, 0.5) is 15.3 Å². The standard InChI is InChI=1S/C23H26N4O5/c1-14(2)13-27-19(12-24-23(30)31)20(15-7-5-4-6-8-15)18-11-16(25-22(29)26-32-3)9-10-17(18)21(27)28/h4-11,14,24H,12-13H2,1-3H3,(H,30,31)(H2,25,26,29). The molecule has 0 aliphatic heterocycles. The van der Waals surface area contributed by atoms with Gasteiger partial charge in [0, 0.05) is 28.9 Å². The molecule has 3 rings (SSSR count). The van der Waals surface area contributed by atoms with Gasteiger partial charge in [0.2, 0.25) is 0 Å². The highest BCUT2D eigenvalue weighted by molar-refractivity contribution is 6.01. The van der Waals surface area contributed by atoms with E-state index in [0.717, 1.165) is 11.1 Å². The first-order valence-electron chi connectivity index (χ1n) is 10.1. The van der Waals surface area contributed by atoms with Crippen molar-refractivity contribution in [1.82, 2.24) is 15.4 Å². The zero-order valence-electron chi connectivity index (χ0n) is 18.1. The number of anilines is 1. The monoisotopic (exact) mass is 438 g/mol. The fraction of sp³-hybridized carbons (Fsp3) is 0.261. The lowest BCUT2D eigenvalue weighted by Gasteiger charge is -2.22. The zero-order valence-corrected chi connectivity index (χ0v) is 18.1. The van der Waals surface area contributed by atoms with Crippen molar-refractivity contribution >= 4 is 28.6 Å². The topological polar surface area (TPSA) is 122 Å². The Bertz CT molecular complexity index is 1190. The number of rotatable bonds is 7. The number of carbonyl (C=O) groups is 2. The van der Waals surface area contributed by atoms with Gasteiger partial charge in [-0.15, -0.1) is 0 Å². The third-order valence-electron chi connectivity index (χ3n) is 4.85. The average Bonchev–Trinajstić information content (AvgIpc) is 2.74. The van der Waals surface area contributed by atoms with E-state index in [-0.39, 0.29) is 18.0 Å². The number of pyridine rings is 1. The van der Waals surface area contributed by atoms with Gasteiger partial charge in [-0.3, -0.25) is 9.63 Å². The Labute approximate surface area is 185 Å². The highest BCUT2D eigenvalue weighted by atomic mass is 16.6. The lowest BCUT2D eigenvalue weighted by atomic mass is 9.95. The van der Waals surface area contributed by atoms with Gasteiger partial charge in [-0.25, -0.2) is 15.1 Å². The molecule has 9 heteroatoms. The molecule has 9 nitrogen and oxygen atoms in total. The van der Waals surface area contributed by atoms with Crippen LogP contribution in [0.25, 0.3) is 21.9 Å². The summed E-state index contributed by atoms with van der Waals surface area (Å²) >= 11 is 0. The molecule has 1 heterocycles. The van der Waals surface area contributed by atoms with Crippen molar-refractivity contribution in [2.75, 3.05) is 12.4 Å². The first kappa shape index (κ1) is 22.8. The Kier molecular flexibility index (Phi) is 7.11. The van der Waals surface area contributed by atoms with Crippen LogP contribution in [-0.2, 0) is 17.9 Å². The van der Waals surface area contributed by atoms with E-state index in [9.17, 15) is 19.5 Å². The fourth-order valence-electron chi connectivity index (χ4n) is 3.65. The molecule has 0 spiro atoms. The van der Waals surface area contributed by atoms with E-state index in [4.69, 9.17) is 0 Å². The molecular formula is C23H26N4O5. The molecule has 0 unspecified atom stereocenters. The van der Waals surface area contributed by atoms with E-state index in [2.05, 4.69) is 21.0 Å². The van der Waals surface area contributed by atoms with Crippen molar-refractivity contribution in [2.45, 2.75) is 26.9 Å². The number of benzene rings is 2. The number of aromatic nitrogens is 1. The van der Waals surface area contributed by atoms with E-state index in [1.807, 2.05) is 44.2 Å². The molecule has 0 aliphatic carbocycles. The summed E-state index contributed by atoms with van der Waals surface area (Å²) in [5.41, 5.74) is 4.54. The molecule has 32 heavy (non-hydrogen) atoms.